The van der Waals surface area contributed by atoms with Gasteiger partial charge >= 0.3 is 0 Å². The van der Waals surface area contributed by atoms with Crippen molar-refractivity contribution >= 4 is 5.91 Å². The number of carbonyl (C=O) groups excluding carboxylic acids is 1. The van der Waals surface area contributed by atoms with Crippen LogP contribution in [-0.4, -0.2) is 26.6 Å². The van der Waals surface area contributed by atoms with E-state index >= 15 is 0 Å². The molecule has 2 saturated carbocycles. The molecule has 2 fully saturated rings. The largest absolute Gasteiger partial charge is 0.330 e. The highest BCUT2D eigenvalue weighted by atomic mass is 19.3. The first-order valence-electron chi connectivity index (χ1n) is 9.36. The summed E-state index contributed by atoms with van der Waals surface area (Å²) in [5, 5.41) is 3.77. The van der Waals surface area contributed by atoms with Crippen LogP contribution in [0.1, 0.15) is 59.3 Å². The predicted molar refractivity (Wildman–Crippen MR) is 94.1 cm³/mol. The molecule has 7 heteroatoms. The zero-order valence-electron chi connectivity index (χ0n) is 15.0. The van der Waals surface area contributed by atoms with Crippen LogP contribution in [0.2, 0.25) is 0 Å². The van der Waals surface area contributed by atoms with Gasteiger partial charge in [-0.05, 0) is 49.1 Å². The second-order valence-electron chi connectivity index (χ2n) is 7.47. The number of halogens is 3. The number of hydrogen-bond donors (Lipinski definition) is 0. The molecule has 1 amide bonds. The molecule has 1 heterocycles. The van der Waals surface area contributed by atoms with Crippen molar-refractivity contribution in [3.05, 3.63) is 52.8 Å². The Bertz CT molecular complexity index is 828. The fraction of sp³-hybridized carbons (Fsp3) is 0.500. The Labute approximate surface area is 156 Å². The molecular formula is C20H22F3N3O. The quantitative estimate of drug-likeness (QED) is 0.679. The van der Waals surface area contributed by atoms with E-state index in [4.69, 9.17) is 0 Å². The lowest BCUT2D eigenvalue weighted by Crippen LogP contribution is -2.34. The standard InChI is InChI=1S/C20H22F3N3O/c21-12-25-11-17(19(22)23)18(24-25)20(27)26(16-7-8-16)10-15-4-2-1-3-14(15)9-13-5-6-13/h1-4,11,13,16,19H,5-10,12H2. The number of amides is 1. The molecule has 27 heavy (non-hydrogen) atoms. The third kappa shape index (κ3) is 4.01. The van der Waals surface area contributed by atoms with E-state index in [0.717, 1.165) is 35.7 Å². The lowest BCUT2D eigenvalue weighted by molar-refractivity contribution is 0.0711. The Kier molecular flexibility index (Phi) is 4.93. The van der Waals surface area contributed by atoms with Crippen LogP contribution in [0.15, 0.2) is 30.5 Å². The summed E-state index contributed by atoms with van der Waals surface area (Å²) in [6, 6.07) is 8.03. The molecule has 4 rings (SSSR count). The molecule has 2 aliphatic rings. The van der Waals surface area contributed by atoms with Gasteiger partial charge < -0.3 is 4.90 Å². The minimum absolute atomic E-state index is 0.0348. The third-order valence-electron chi connectivity index (χ3n) is 5.26. The second-order valence-corrected chi connectivity index (χ2v) is 7.47. The summed E-state index contributed by atoms with van der Waals surface area (Å²) in [5.74, 6) is 0.170. The van der Waals surface area contributed by atoms with E-state index in [9.17, 15) is 18.0 Å². The number of rotatable bonds is 8. The van der Waals surface area contributed by atoms with E-state index < -0.39 is 24.7 Å². The van der Waals surface area contributed by atoms with E-state index in [1.54, 1.807) is 4.90 Å². The number of aromatic nitrogens is 2. The van der Waals surface area contributed by atoms with Gasteiger partial charge in [0.25, 0.3) is 12.3 Å². The van der Waals surface area contributed by atoms with E-state index in [2.05, 4.69) is 11.2 Å². The second kappa shape index (κ2) is 7.37. The summed E-state index contributed by atoms with van der Waals surface area (Å²) in [7, 11) is 0. The van der Waals surface area contributed by atoms with Gasteiger partial charge in [0, 0.05) is 18.8 Å². The van der Waals surface area contributed by atoms with Gasteiger partial charge in [-0.1, -0.05) is 24.3 Å². The maximum atomic E-state index is 13.3. The van der Waals surface area contributed by atoms with Gasteiger partial charge in [0.05, 0.1) is 5.56 Å². The minimum atomic E-state index is -2.87. The highest BCUT2D eigenvalue weighted by molar-refractivity contribution is 5.94. The molecule has 0 unspecified atom stereocenters. The lowest BCUT2D eigenvalue weighted by Gasteiger charge is -2.23. The molecule has 4 nitrogen and oxygen atoms in total. The van der Waals surface area contributed by atoms with E-state index in [1.165, 1.54) is 18.4 Å². The number of benzene rings is 1. The van der Waals surface area contributed by atoms with E-state index in [0.29, 0.717) is 12.5 Å². The Morgan fingerprint density at radius 3 is 2.48 bits per heavy atom. The summed E-state index contributed by atoms with van der Waals surface area (Å²) >= 11 is 0. The highest BCUT2D eigenvalue weighted by Crippen LogP contribution is 2.35. The Morgan fingerprint density at radius 1 is 1.19 bits per heavy atom. The molecule has 0 spiro atoms. The van der Waals surface area contributed by atoms with Crippen molar-refractivity contribution in [2.75, 3.05) is 0 Å². The van der Waals surface area contributed by atoms with Crippen LogP contribution in [0, 0.1) is 5.92 Å². The number of nitrogens with zero attached hydrogens (tertiary/aromatic N) is 3. The fourth-order valence-corrected chi connectivity index (χ4v) is 3.44. The van der Waals surface area contributed by atoms with Crippen molar-refractivity contribution in [3.63, 3.8) is 0 Å². The zero-order valence-corrected chi connectivity index (χ0v) is 15.0. The van der Waals surface area contributed by atoms with Crippen molar-refractivity contribution < 1.29 is 18.0 Å². The maximum absolute atomic E-state index is 13.3. The first kappa shape index (κ1) is 18.1. The summed E-state index contributed by atoms with van der Waals surface area (Å²) in [4.78, 5) is 14.7. The van der Waals surface area contributed by atoms with Crippen LogP contribution in [-0.2, 0) is 19.8 Å². The normalized spacial score (nSPS) is 16.7. The average Bonchev–Trinajstić information content (AvgIpc) is 3.59. The van der Waals surface area contributed by atoms with Crippen LogP contribution >= 0.6 is 0 Å². The number of hydrogen-bond acceptors (Lipinski definition) is 2. The maximum Gasteiger partial charge on any atom is 0.275 e. The molecule has 1 aromatic heterocycles. The average molecular weight is 377 g/mol. The van der Waals surface area contributed by atoms with Gasteiger partial charge in [-0.2, -0.15) is 5.10 Å². The summed E-state index contributed by atoms with van der Waals surface area (Å²) < 4.78 is 40.3. The molecule has 0 radical (unpaired) electrons. The van der Waals surface area contributed by atoms with Gasteiger partial charge in [0.1, 0.15) is 0 Å². The van der Waals surface area contributed by atoms with Crippen molar-refractivity contribution in [2.24, 2.45) is 5.92 Å². The van der Waals surface area contributed by atoms with Crippen LogP contribution in [0.5, 0.6) is 0 Å². The summed E-state index contributed by atoms with van der Waals surface area (Å²) in [6.45, 7) is -0.668. The van der Waals surface area contributed by atoms with Crippen molar-refractivity contribution in [1.82, 2.24) is 14.7 Å². The van der Waals surface area contributed by atoms with Gasteiger partial charge in [-0.25, -0.2) is 17.9 Å². The van der Waals surface area contributed by atoms with Crippen LogP contribution in [0.25, 0.3) is 0 Å². The molecule has 2 aliphatic carbocycles. The highest BCUT2D eigenvalue weighted by Gasteiger charge is 2.36. The first-order chi connectivity index (χ1) is 13.1. The van der Waals surface area contributed by atoms with Crippen LogP contribution in [0.3, 0.4) is 0 Å². The molecule has 0 bridgehead atoms. The van der Waals surface area contributed by atoms with Crippen molar-refractivity contribution in [1.29, 1.82) is 0 Å². The van der Waals surface area contributed by atoms with Gasteiger partial charge in [-0.15, -0.1) is 0 Å². The monoisotopic (exact) mass is 377 g/mol. The van der Waals surface area contributed by atoms with Gasteiger partial charge in [0.15, 0.2) is 12.5 Å². The predicted octanol–water partition coefficient (Wildman–Crippen LogP) is 4.51. The van der Waals surface area contributed by atoms with Crippen molar-refractivity contribution in [2.45, 2.75) is 57.9 Å². The topological polar surface area (TPSA) is 38.1 Å². The van der Waals surface area contributed by atoms with Crippen molar-refractivity contribution in [3.8, 4) is 0 Å². The smallest absolute Gasteiger partial charge is 0.275 e. The van der Waals surface area contributed by atoms with Crippen LogP contribution < -0.4 is 0 Å². The molecular weight excluding hydrogens is 355 g/mol. The Morgan fingerprint density at radius 2 is 1.89 bits per heavy atom. The summed E-state index contributed by atoms with van der Waals surface area (Å²) in [5.41, 5.74) is 1.42. The molecule has 1 aromatic carbocycles. The number of alkyl halides is 3. The molecule has 0 saturated heterocycles. The Balaban J connectivity index is 1.60. The molecule has 0 N–H and O–H groups in total. The van der Waals surface area contributed by atoms with Gasteiger partial charge in [0.2, 0.25) is 0 Å². The Hall–Kier alpha value is -2.31. The SMILES string of the molecule is O=C(c1nn(CF)cc1C(F)F)N(Cc1ccccc1CC1CC1)C1CC1. The summed E-state index contributed by atoms with van der Waals surface area (Å²) in [6.07, 6.45) is 3.21. The fourth-order valence-electron chi connectivity index (χ4n) is 3.44. The lowest BCUT2D eigenvalue weighted by atomic mass is 10.0. The molecule has 0 aliphatic heterocycles. The van der Waals surface area contributed by atoms with E-state index in [1.807, 2.05) is 18.2 Å². The van der Waals surface area contributed by atoms with Crippen LogP contribution in [0.4, 0.5) is 13.2 Å². The third-order valence-corrected chi connectivity index (χ3v) is 5.26. The zero-order chi connectivity index (χ0) is 19.0. The molecule has 2 aromatic rings. The van der Waals surface area contributed by atoms with Gasteiger partial charge in [-0.3, -0.25) is 4.79 Å². The van der Waals surface area contributed by atoms with E-state index in [-0.39, 0.29) is 11.7 Å². The first-order valence-corrected chi connectivity index (χ1v) is 9.36. The molecule has 0 atom stereocenters. The number of carbonyl (C=O) groups is 1. The molecule has 144 valence electrons. The minimum Gasteiger partial charge on any atom is -0.330 e.